The number of halogens is 1. The van der Waals surface area contributed by atoms with Crippen LogP contribution >= 0.6 is 15.9 Å². The fourth-order valence-corrected chi connectivity index (χ4v) is 2.46. The van der Waals surface area contributed by atoms with Crippen molar-refractivity contribution in [3.63, 3.8) is 0 Å². The van der Waals surface area contributed by atoms with Gasteiger partial charge in [0.25, 0.3) is 0 Å². The molecule has 0 saturated carbocycles. The molecule has 0 spiro atoms. The molecule has 1 aliphatic rings. The fourth-order valence-electron chi connectivity index (χ4n) is 1.54. The van der Waals surface area contributed by atoms with Gasteiger partial charge in [0.15, 0.2) is 0 Å². The van der Waals surface area contributed by atoms with Crippen LogP contribution in [0.4, 0.5) is 0 Å². The summed E-state index contributed by atoms with van der Waals surface area (Å²) in [4.78, 5) is 0. The Morgan fingerprint density at radius 2 is 2.31 bits per heavy atom. The number of aromatic nitrogens is 2. The molecule has 0 unspecified atom stereocenters. The van der Waals surface area contributed by atoms with Gasteiger partial charge in [-0.1, -0.05) is 0 Å². The molecule has 1 aromatic heterocycles. The molecule has 0 amide bonds. The molecule has 0 aliphatic carbocycles. The topological polar surface area (TPSA) is 27.1 Å². The molecule has 0 aromatic carbocycles. The first-order valence-electron chi connectivity index (χ1n) is 4.53. The third-order valence-electron chi connectivity index (χ3n) is 2.25. The first-order chi connectivity index (χ1) is 6.20. The minimum Gasteiger partial charge on any atom is -0.375 e. The van der Waals surface area contributed by atoms with E-state index in [1.165, 1.54) is 5.56 Å². The smallest absolute Gasteiger partial charge is 0.108 e. The monoisotopic (exact) mass is 244 g/mol. The number of nitrogens with zero attached hydrogens (tertiary/aromatic N) is 2. The first-order valence-corrected chi connectivity index (χ1v) is 5.33. The molecular weight excluding hydrogens is 232 g/mol. The summed E-state index contributed by atoms with van der Waals surface area (Å²) in [7, 11) is 0. The van der Waals surface area contributed by atoms with E-state index in [9.17, 15) is 0 Å². The van der Waals surface area contributed by atoms with Crippen LogP contribution in [0.5, 0.6) is 0 Å². The molecule has 72 valence electrons. The third kappa shape index (κ3) is 1.53. The maximum atomic E-state index is 5.35. The summed E-state index contributed by atoms with van der Waals surface area (Å²) in [6.07, 6.45) is 0.975. The summed E-state index contributed by atoms with van der Waals surface area (Å²) >= 11 is 3.58. The van der Waals surface area contributed by atoms with Crippen molar-refractivity contribution in [1.82, 2.24) is 9.78 Å². The largest absolute Gasteiger partial charge is 0.375 e. The van der Waals surface area contributed by atoms with Crippen molar-refractivity contribution in [2.24, 2.45) is 0 Å². The Labute approximate surface area is 86.2 Å². The quantitative estimate of drug-likeness (QED) is 0.759. The van der Waals surface area contributed by atoms with Crippen LogP contribution < -0.4 is 0 Å². The van der Waals surface area contributed by atoms with Gasteiger partial charge in [0.1, 0.15) is 4.60 Å². The van der Waals surface area contributed by atoms with E-state index in [1.807, 2.05) is 4.68 Å². The fraction of sp³-hybridized carbons (Fsp3) is 0.667. The Balaban J connectivity index is 2.44. The molecular formula is C9H13BrN2O. The van der Waals surface area contributed by atoms with E-state index >= 15 is 0 Å². The number of hydrogen-bond acceptors (Lipinski definition) is 2. The van der Waals surface area contributed by atoms with Crippen LogP contribution in [0.1, 0.15) is 31.1 Å². The van der Waals surface area contributed by atoms with E-state index in [2.05, 4.69) is 34.9 Å². The average molecular weight is 245 g/mol. The maximum Gasteiger partial charge on any atom is 0.108 e. The van der Waals surface area contributed by atoms with Crippen LogP contribution in [0.25, 0.3) is 0 Å². The van der Waals surface area contributed by atoms with E-state index in [0.717, 1.165) is 23.3 Å². The minimum atomic E-state index is 0.403. The molecule has 1 aromatic rings. The van der Waals surface area contributed by atoms with Crippen molar-refractivity contribution in [2.75, 3.05) is 6.61 Å². The lowest BCUT2D eigenvalue weighted by molar-refractivity contribution is 0.108. The SMILES string of the molecule is CC(C)n1nc2c(c1Br)CCOC2. The second-order valence-electron chi connectivity index (χ2n) is 3.56. The van der Waals surface area contributed by atoms with E-state index < -0.39 is 0 Å². The predicted octanol–water partition coefficient (Wildman–Crippen LogP) is 2.30. The normalized spacial score (nSPS) is 16.3. The van der Waals surface area contributed by atoms with Crippen molar-refractivity contribution in [1.29, 1.82) is 0 Å². The molecule has 0 atom stereocenters. The maximum absolute atomic E-state index is 5.35. The molecule has 0 radical (unpaired) electrons. The highest BCUT2D eigenvalue weighted by molar-refractivity contribution is 9.10. The lowest BCUT2D eigenvalue weighted by Gasteiger charge is -2.09. The number of rotatable bonds is 1. The molecule has 4 heteroatoms. The second kappa shape index (κ2) is 3.42. The minimum absolute atomic E-state index is 0.403. The molecule has 1 aliphatic heterocycles. The van der Waals surface area contributed by atoms with Gasteiger partial charge >= 0.3 is 0 Å². The van der Waals surface area contributed by atoms with Gasteiger partial charge in [-0.15, -0.1) is 0 Å². The number of hydrogen-bond donors (Lipinski definition) is 0. The van der Waals surface area contributed by atoms with E-state index in [4.69, 9.17) is 4.74 Å². The van der Waals surface area contributed by atoms with Gasteiger partial charge in [0.2, 0.25) is 0 Å². The lowest BCUT2D eigenvalue weighted by Crippen LogP contribution is -2.08. The lowest BCUT2D eigenvalue weighted by atomic mass is 10.2. The highest BCUT2D eigenvalue weighted by Crippen LogP contribution is 2.27. The van der Waals surface area contributed by atoms with Gasteiger partial charge in [-0.3, -0.25) is 4.68 Å². The molecule has 0 N–H and O–H groups in total. The van der Waals surface area contributed by atoms with E-state index in [0.29, 0.717) is 12.6 Å². The summed E-state index contributed by atoms with van der Waals surface area (Å²) in [5, 5.41) is 4.49. The molecule has 2 rings (SSSR count). The van der Waals surface area contributed by atoms with Crippen LogP contribution in [0.15, 0.2) is 4.60 Å². The van der Waals surface area contributed by atoms with Crippen LogP contribution in [0, 0.1) is 0 Å². The zero-order valence-electron chi connectivity index (χ0n) is 7.88. The Kier molecular flexibility index (Phi) is 2.43. The predicted molar refractivity (Wildman–Crippen MR) is 53.7 cm³/mol. The van der Waals surface area contributed by atoms with Crippen molar-refractivity contribution < 1.29 is 4.74 Å². The highest BCUT2D eigenvalue weighted by atomic mass is 79.9. The number of fused-ring (bicyclic) bond motifs is 1. The molecule has 3 nitrogen and oxygen atoms in total. The summed E-state index contributed by atoms with van der Waals surface area (Å²) in [6, 6.07) is 0.403. The van der Waals surface area contributed by atoms with Gasteiger partial charge < -0.3 is 4.74 Å². The van der Waals surface area contributed by atoms with Gasteiger partial charge in [-0.05, 0) is 29.8 Å². The van der Waals surface area contributed by atoms with Crippen LogP contribution in [0.3, 0.4) is 0 Å². The van der Waals surface area contributed by atoms with Crippen molar-refractivity contribution in [3.8, 4) is 0 Å². The zero-order chi connectivity index (χ0) is 9.42. The molecule has 13 heavy (non-hydrogen) atoms. The Hall–Kier alpha value is -0.350. The van der Waals surface area contributed by atoms with Gasteiger partial charge in [0, 0.05) is 18.0 Å². The molecule has 0 bridgehead atoms. The van der Waals surface area contributed by atoms with Gasteiger partial charge in [-0.25, -0.2) is 0 Å². The van der Waals surface area contributed by atoms with Crippen LogP contribution in [-0.4, -0.2) is 16.4 Å². The average Bonchev–Trinajstić information content (AvgIpc) is 2.45. The summed E-state index contributed by atoms with van der Waals surface area (Å²) in [6.45, 7) is 5.73. The van der Waals surface area contributed by atoms with Gasteiger partial charge in [0.05, 0.1) is 18.9 Å². The molecule has 0 fully saturated rings. The highest BCUT2D eigenvalue weighted by Gasteiger charge is 2.20. The number of ether oxygens (including phenoxy) is 1. The second-order valence-corrected chi connectivity index (χ2v) is 4.31. The van der Waals surface area contributed by atoms with Crippen molar-refractivity contribution in [3.05, 3.63) is 15.9 Å². The standard InChI is InChI=1S/C9H13BrN2O/c1-6(2)12-9(10)7-3-4-13-5-8(7)11-12/h6H,3-5H2,1-2H3. The Morgan fingerprint density at radius 3 is 2.92 bits per heavy atom. The zero-order valence-corrected chi connectivity index (χ0v) is 9.47. The van der Waals surface area contributed by atoms with Crippen LogP contribution in [0.2, 0.25) is 0 Å². The van der Waals surface area contributed by atoms with E-state index in [-0.39, 0.29) is 0 Å². The first kappa shape index (κ1) is 9.21. The molecule has 0 saturated heterocycles. The van der Waals surface area contributed by atoms with Crippen LogP contribution in [-0.2, 0) is 17.8 Å². The summed E-state index contributed by atoms with van der Waals surface area (Å²) in [5.41, 5.74) is 2.41. The van der Waals surface area contributed by atoms with Crippen molar-refractivity contribution in [2.45, 2.75) is 32.9 Å². The third-order valence-corrected chi connectivity index (χ3v) is 3.09. The Bertz CT molecular complexity index is 320. The molecule has 2 heterocycles. The van der Waals surface area contributed by atoms with Crippen molar-refractivity contribution >= 4 is 15.9 Å². The summed E-state index contributed by atoms with van der Waals surface area (Å²) < 4.78 is 8.49. The Morgan fingerprint density at radius 1 is 1.54 bits per heavy atom. The summed E-state index contributed by atoms with van der Waals surface area (Å²) in [5.74, 6) is 0. The van der Waals surface area contributed by atoms with Gasteiger partial charge in [-0.2, -0.15) is 5.10 Å². The van der Waals surface area contributed by atoms with E-state index in [1.54, 1.807) is 0 Å².